The van der Waals surface area contributed by atoms with Crippen molar-refractivity contribution in [2.24, 2.45) is 0 Å². The minimum absolute atomic E-state index is 0.247. The molecule has 2 aromatic rings. The second kappa shape index (κ2) is 4.49. The summed E-state index contributed by atoms with van der Waals surface area (Å²) in [5, 5.41) is 8.80. The lowest BCUT2D eigenvalue weighted by atomic mass is 10.0. The highest BCUT2D eigenvalue weighted by atomic mass is 16.4. The molecule has 1 aromatic heterocycles. The van der Waals surface area contributed by atoms with Crippen LogP contribution in [0.3, 0.4) is 0 Å². The minimum Gasteiger partial charge on any atom is -0.477 e. The number of aromatic carboxylic acids is 1. The van der Waals surface area contributed by atoms with Crippen molar-refractivity contribution in [1.82, 2.24) is 4.98 Å². The number of nitrogens with one attached hydrogen (secondary N) is 1. The highest BCUT2D eigenvalue weighted by Gasteiger charge is 2.09. The van der Waals surface area contributed by atoms with E-state index in [4.69, 9.17) is 5.11 Å². The fourth-order valence-corrected chi connectivity index (χ4v) is 1.94. The quantitative estimate of drug-likeness (QED) is 0.850. The van der Waals surface area contributed by atoms with Gasteiger partial charge in [0.2, 0.25) is 0 Å². The lowest BCUT2D eigenvalue weighted by molar-refractivity contribution is 0.0695. The Morgan fingerprint density at radius 2 is 1.72 bits per heavy atom. The summed E-state index contributed by atoms with van der Waals surface area (Å²) in [7, 11) is 0. The van der Waals surface area contributed by atoms with Crippen molar-refractivity contribution < 1.29 is 9.90 Å². The Bertz CT molecular complexity index is 651. The van der Waals surface area contributed by atoms with Crippen LogP contribution in [0.5, 0.6) is 0 Å². The first-order valence-corrected chi connectivity index (χ1v) is 5.52. The van der Waals surface area contributed by atoms with E-state index in [9.17, 15) is 9.59 Å². The van der Waals surface area contributed by atoms with Gasteiger partial charge >= 0.3 is 5.97 Å². The van der Waals surface area contributed by atoms with Gasteiger partial charge < -0.3 is 10.1 Å². The van der Waals surface area contributed by atoms with E-state index in [2.05, 4.69) is 4.98 Å². The van der Waals surface area contributed by atoms with Crippen LogP contribution in [0.25, 0.3) is 11.3 Å². The first-order valence-electron chi connectivity index (χ1n) is 5.52. The van der Waals surface area contributed by atoms with Gasteiger partial charge in [-0.15, -0.1) is 0 Å². The molecule has 0 aliphatic heterocycles. The van der Waals surface area contributed by atoms with Crippen LogP contribution in [-0.4, -0.2) is 16.1 Å². The summed E-state index contributed by atoms with van der Waals surface area (Å²) in [4.78, 5) is 24.9. The maximum Gasteiger partial charge on any atom is 0.341 e. The van der Waals surface area contributed by atoms with Gasteiger partial charge in [-0.25, -0.2) is 4.79 Å². The summed E-state index contributed by atoms with van der Waals surface area (Å²) in [6, 6.07) is 8.86. The molecule has 1 heterocycles. The average Bonchev–Trinajstić information content (AvgIpc) is 2.26. The molecule has 4 heteroatoms. The maximum atomic E-state index is 11.6. The lowest BCUT2D eigenvalue weighted by Gasteiger charge is -2.05. The molecule has 0 radical (unpaired) electrons. The molecule has 2 N–H and O–H groups in total. The Morgan fingerprint density at radius 3 is 2.22 bits per heavy atom. The second-order valence-corrected chi connectivity index (χ2v) is 4.30. The molecule has 0 aliphatic carbocycles. The fraction of sp³-hybridized carbons (Fsp3) is 0.143. The van der Waals surface area contributed by atoms with Crippen LogP contribution in [-0.2, 0) is 0 Å². The summed E-state index contributed by atoms with van der Waals surface area (Å²) >= 11 is 0. The highest BCUT2D eigenvalue weighted by molar-refractivity contribution is 5.87. The van der Waals surface area contributed by atoms with E-state index in [1.807, 2.05) is 32.0 Å². The first-order chi connectivity index (χ1) is 8.47. The van der Waals surface area contributed by atoms with E-state index < -0.39 is 11.5 Å². The Labute approximate surface area is 104 Å². The molecule has 0 saturated carbocycles. The molecule has 18 heavy (non-hydrogen) atoms. The van der Waals surface area contributed by atoms with Gasteiger partial charge in [0.05, 0.1) is 0 Å². The molecule has 0 spiro atoms. The van der Waals surface area contributed by atoms with E-state index >= 15 is 0 Å². The van der Waals surface area contributed by atoms with Crippen molar-refractivity contribution in [2.45, 2.75) is 13.8 Å². The Hall–Kier alpha value is -2.36. The van der Waals surface area contributed by atoms with Gasteiger partial charge in [0.15, 0.2) is 0 Å². The van der Waals surface area contributed by atoms with Gasteiger partial charge in [0.25, 0.3) is 5.56 Å². The number of benzene rings is 1. The fourth-order valence-electron chi connectivity index (χ4n) is 1.94. The standard InChI is InChI=1S/C14H13NO3/c1-8-5-9(2)7-10(6-8)12-4-3-11(14(17)18)13(16)15-12/h3-7H,1-2H3,(H,15,16)(H,17,18). The Morgan fingerprint density at radius 1 is 1.11 bits per heavy atom. The summed E-state index contributed by atoms with van der Waals surface area (Å²) < 4.78 is 0. The number of H-pyrrole nitrogens is 1. The summed E-state index contributed by atoms with van der Waals surface area (Å²) in [5.74, 6) is -1.22. The number of carbonyl (C=O) groups is 1. The summed E-state index contributed by atoms with van der Waals surface area (Å²) in [5.41, 5.74) is 2.85. The summed E-state index contributed by atoms with van der Waals surface area (Å²) in [6.45, 7) is 3.94. The van der Waals surface area contributed by atoms with Crippen LogP contribution < -0.4 is 5.56 Å². The van der Waals surface area contributed by atoms with Crippen LogP contribution in [0.2, 0.25) is 0 Å². The van der Waals surface area contributed by atoms with Gasteiger partial charge in [-0.05, 0) is 43.7 Å². The molecular formula is C14H13NO3. The normalized spacial score (nSPS) is 10.3. The Balaban J connectivity index is 2.55. The predicted octanol–water partition coefficient (Wildman–Crippen LogP) is 2.36. The van der Waals surface area contributed by atoms with Crippen molar-refractivity contribution in [3.8, 4) is 11.3 Å². The van der Waals surface area contributed by atoms with Crippen LogP contribution in [0.4, 0.5) is 0 Å². The van der Waals surface area contributed by atoms with Crippen LogP contribution in [0.15, 0.2) is 35.1 Å². The molecule has 0 fully saturated rings. The zero-order valence-corrected chi connectivity index (χ0v) is 10.2. The van der Waals surface area contributed by atoms with Crippen molar-refractivity contribution >= 4 is 5.97 Å². The maximum absolute atomic E-state index is 11.6. The van der Waals surface area contributed by atoms with Crippen molar-refractivity contribution in [3.63, 3.8) is 0 Å². The molecule has 1 aromatic carbocycles. The van der Waals surface area contributed by atoms with Gasteiger partial charge in [-0.1, -0.05) is 17.2 Å². The van der Waals surface area contributed by atoms with Gasteiger partial charge in [-0.2, -0.15) is 0 Å². The molecular weight excluding hydrogens is 230 g/mol. The SMILES string of the molecule is Cc1cc(C)cc(-c2ccc(C(=O)O)c(=O)[nH]2)c1. The number of carboxylic acids is 1. The molecule has 92 valence electrons. The molecule has 4 nitrogen and oxygen atoms in total. The topological polar surface area (TPSA) is 70.2 Å². The molecule has 0 saturated heterocycles. The first kappa shape index (κ1) is 12.1. The van der Waals surface area contributed by atoms with E-state index in [0.29, 0.717) is 5.69 Å². The van der Waals surface area contributed by atoms with Crippen molar-refractivity contribution in [3.05, 3.63) is 57.4 Å². The van der Waals surface area contributed by atoms with E-state index in [-0.39, 0.29) is 5.56 Å². The monoisotopic (exact) mass is 243 g/mol. The third-order valence-electron chi connectivity index (χ3n) is 2.67. The second-order valence-electron chi connectivity index (χ2n) is 4.30. The van der Waals surface area contributed by atoms with E-state index in [0.717, 1.165) is 16.7 Å². The number of hydrogen-bond acceptors (Lipinski definition) is 2. The van der Waals surface area contributed by atoms with Crippen molar-refractivity contribution in [2.75, 3.05) is 0 Å². The zero-order valence-electron chi connectivity index (χ0n) is 10.2. The number of aryl methyl sites for hydroxylation is 2. The highest BCUT2D eigenvalue weighted by Crippen LogP contribution is 2.19. The van der Waals surface area contributed by atoms with E-state index in [1.54, 1.807) is 6.07 Å². The van der Waals surface area contributed by atoms with Gasteiger partial charge in [0, 0.05) is 5.69 Å². The number of aromatic nitrogens is 1. The van der Waals surface area contributed by atoms with Crippen LogP contribution >= 0.6 is 0 Å². The number of pyridine rings is 1. The van der Waals surface area contributed by atoms with Crippen molar-refractivity contribution in [1.29, 1.82) is 0 Å². The smallest absolute Gasteiger partial charge is 0.341 e. The molecule has 0 amide bonds. The number of carboxylic acid groups (broad SMARTS) is 1. The van der Waals surface area contributed by atoms with Crippen LogP contribution in [0, 0.1) is 13.8 Å². The molecule has 0 bridgehead atoms. The van der Waals surface area contributed by atoms with Gasteiger partial charge in [-0.3, -0.25) is 4.79 Å². The molecule has 0 aliphatic rings. The largest absolute Gasteiger partial charge is 0.477 e. The number of rotatable bonds is 2. The molecule has 0 atom stereocenters. The average molecular weight is 243 g/mol. The summed E-state index contributed by atoms with van der Waals surface area (Å²) in [6.07, 6.45) is 0. The van der Waals surface area contributed by atoms with Crippen LogP contribution in [0.1, 0.15) is 21.5 Å². The Kier molecular flexibility index (Phi) is 3.02. The minimum atomic E-state index is -1.22. The molecule has 0 unspecified atom stereocenters. The van der Waals surface area contributed by atoms with Gasteiger partial charge in [0.1, 0.15) is 5.56 Å². The number of hydrogen-bond donors (Lipinski definition) is 2. The predicted molar refractivity (Wildman–Crippen MR) is 68.9 cm³/mol. The van der Waals surface area contributed by atoms with E-state index in [1.165, 1.54) is 6.07 Å². The third kappa shape index (κ3) is 2.32. The number of aromatic amines is 1. The molecule has 2 rings (SSSR count). The third-order valence-corrected chi connectivity index (χ3v) is 2.67. The lowest BCUT2D eigenvalue weighted by Crippen LogP contribution is -2.17. The zero-order chi connectivity index (χ0) is 13.3.